The molecule has 1 fully saturated rings. The van der Waals surface area contributed by atoms with Crippen molar-refractivity contribution in [1.82, 2.24) is 14.7 Å². The van der Waals surface area contributed by atoms with Crippen molar-refractivity contribution in [3.8, 4) is 0 Å². The molecule has 0 spiro atoms. The van der Waals surface area contributed by atoms with E-state index in [1.54, 1.807) is 9.58 Å². The molecule has 1 aromatic carbocycles. The monoisotopic (exact) mass is 331 g/mol. The fraction of sp³-hybridized carbons (Fsp3) is 0.556. The Balaban J connectivity index is 1.72. The van der Waals surface area contributed by atoms with Gasteiger partial charge in [-0.25, -0.2) is 0 Å². The summed E-state index contributed by atoms with van der Waals surface area (Å²) < 4.78 is 1.67. The second-order valence-electron chi connectivity index (χ2n) is 6.78. The van der Waals surface area contributed by atoms with Crippen LogP contribution in [0.25, 0.3) is 10.9 Å². The third-order valence-corrected chi connectivity index (χ3v) is 5.06. The highest BCUT2D eigenvalue weighted by Gasteiger charge is 2.42. The number of nitrogens with zero attached hydrogens (tertiary/aromatic N) is 3. The van der Waals surface area contributed by atoms with E-state index in [4.69, 9.17) is 0 Å². The number of aromatic nitrogens is 2. The number of benzene rings is 1. The highest BCUT2D eigenvalue weighted by Crippen LogP contribution is 2.34. The van der Waals surface area contributed by atoms with Crippen LogP contribution in [0.4, 0.5) is 0 Å². The Morgan fingerprint density at radius 3 is 2.92 bits per heavy atom. The first-order valence-electron chi connectivity index (χ1n) is 8.57. The molecule has 2 N–H and O–H groups in total. The van der Waals surface area contributed by atoms with Gasteiger partial charge < -0.3 is 15.1 Å². The molecule has 24 heavy (non-hydrogen) atoms. The number of aliphatic hydroxyl groups excluding tert-OH is 2. The summed E-state index contributed by atoms with van der Waals surface area (Å²) in [7, 11) is 0. The maximum absolute atomic E-state index is 12.7. The van der Waals surface area contributed by atoms with Crippen LogP contribution in [0.15, 0.2) is 30.5 Å². The van der Waals surface area contributed by atoms with Gasteiger partial charge >= 0.3 is 0 Å². The van der Waals surface area contributed by atoms with Crippen LogP contribution in [0.3, 0.4) is 0 Å². The van der Waals surface area contributed by atoms with Crippen molar-refractivity contribution in [2.24, 2.45) is 5.41 Å². The van der Waals surface area contributed by atoms with Gasteiger partial charge in [0, 0.05) is 30.1 Å². The molecule has 2 heterocycles. The Kier molecular flexibility index (Phi) is 4.87. The lowest BCUT2D eigenvalue weighted by atomic mass is 9.74. The van der Waals surface area contributed by atoms with Gasteiger partial charge in [0.1, 0.15) is 6.54 Å². The second kappa shape index (κ2) is 6.91. The predicted molar refractivity (Wildman–Crippen MR) is 91.4 cm³/mol. The molecule has 0 bridgehead atoms. The zero-order valence-electron chi connectivity index (χ0n) is 14.1. The first-order chi connectivity index (χ1) is 11.6. The second-order valence-corrected chi connectivity index (χ2v) is 6.78. The lowest BCUT2D eigenvalue weighted by Crippen LogP contribution is -2.55. The summed E-state index contributed by atoms with van der Waals surface area (Å²) in [5.74, 6) is -0.0244. The lowest BCUT2D eigenvalue weighted by Gasteiger charge is -2.45. The quantitative estimate of drug-likeness (QED) is 0.868. The highest BCUT2D eigenvalue weighted by molar-refractivity contribution is 5.80. The average molecular weight is 331 g/mol. The van der Waals surface area contributed by atoms with Crippen molar-refractivity contribution in [3.05, 3.63) is 30.5 Å². The SMILES string of the molecule is CCC[C@@]1(CO)CN(C(=O)Cn2cc3ccccc3n2)CC[C@H]1O. The summed E-state index contributed by atoms with van der Waals surface area (Å²) in [5, 5.41) is 25.6. The van der Waals surface area contributed by atoms with Gasteiger partial charge in [0.05, 0.1) is 18.2 Å². The molecule has 1 amide bonds. The number of amides is 1. The van der Waals surface area contributed by atoms with E-state index in [0.29, 0.717) is 25.9 Å². The van der Waals surface area contributed by atoms with Crippen LogP contribution in [0.5, 0.6) is 0 Å². The Hall–Kier alpha value is -1.92. The molecule has 0 saturated carbocycles. The molecule has 6 nitrogen and oxygen atoms in total. The van der Waals surface area contributed by atoms with E-state index < -0.39 is 11.5 Å². The predicted octanol–water partition coefficient (Wildman–Crippen LogP) is 1.41. The molecule has 1 saturated heterocycles. The fourth-order valence-electron chi connectivity index (χ4n) is 3.67. The van der Waals surface area contributed by atoms with E-state index in [0.717, 1.165) is 17.3 Å². The van der Waals surface area contributed by atoms with Gasteiger partial charge in [-0.1, -0.05) is 31.5 Å². The van der Waals surface area contributed by atoms with Crippen LogP contribution < -0.4 is 0 Å². The molecule has 2 atom stereocenters. The zero-order chi connectivity index (χ0) is 17.2. The topological polar surface area (TPSA) is 78.6 Å². The number of carbonyl (C=O) groups excluding carboxylic acids is 1. The van der Waals surface area contributed by atoms with Gasteiger partial charge in [0.2, 0.25) is 5.91 Å². The molecule has 0 radical (unpaired) electrons. The molecule has 0 unspecified atom stereocenters. The number of piperidine rings is 1. The molecule has 1 aliphatic heterocycles. The number of hydrogen-bond acceptors (Lipinski definition) is 4. The third-order valence-electron chi connectivity index (χ3n) is 5.06. The zero-order valence-corrected chi connectivity index (χ0v) is 14.1. The minimum Gasteiger partial charge on any atom is -0.396 e. The number of aliphatic hydroxyl groups is 2. The third kappa shape index (κ3) is 3.16. The van der Waals surface area contributed by atoms with Crippen LogP contribution in [0.1, 0.15) is 26.2 Å². The van der Waals surface area contributed by atoms with Crippen LogP contribution in [0, 0.1) is 5.41 Å². The summed E-state index contributed by atoms with van der Waals surface area (Å²) >= 11 is 0. The van der Waals surface area contributed by atoms with Gasteiger partial charge in [-0.2, -0.15) is 5.10 Å². The number of hydrogen-bond donors (Lipinski definition) is 2. The summed E-state index contributed by atoms with van der Waals surface area (Å²) in [6, 6.07) is 7.76. The number of likely N-dealkylation sites (tertiary alicyclic amines) is 1. The Morgan fingerprint density at radius 1 is 1.42 bits per heavy atom. The molecule has 1 aliphatic rings. The molecule has 2 aromatic rings. The van der Waals surface area contributed by atoms with Crippen LogP contribution in [-0.2, 0) is 11.3 Å². The molecule has 0 aliphatic carbocycles. The van der Waals surface area contributed by atoms with Crippen molar-refractivity contribution in [2.45, 2.75) is 38.8 Å². The van der Waals surface area contributed by atoms with E-state index in [-0.39, 0.29) is 19.1 Å². The maximum atomic E-state index is 12.7. The number of carbonyl (C=O) groups is 1. The Labute approximate surface area is 141 Å². The first kappa shape index (κ1) is 16.9. The summed E-state index contributed by atoms with van der Waals surface area (Å²) in [5.41, 5.74) is 0.271. The first-order valence-corrected chi connectivity index (χ1v) is 8.57. The highest BCUT2D eigenvalue weighted by atomic mass is 16.3. The molecule has 3 rings (SSSR count). The standard InChI is InChI=1S/C18H25N3O3/c1-2-8-18(13-22)12-20(9-7-16(18)23)17(24)11-21-10-14-5-3-4-6-15(14)19-21/h3-6,10,16,22-23H,2,7-9,11-13H2,1H3/t16-,18+/m1/s1. The van der Waals surface area contributed by atoms with Gasteiger partial charge in [0.25, 0.3) is 0 Å². The Morgan fingerprint density at radius 2 is 2.21 bits per heavy atom. The summed E-state index contributed by atoms with van der Waals surface area (Å²) in [6.45, 7) is 3.03. The van der Waals surface area contributed by atoms with Gasteiger partial charge in [-0.05, 0) is 18.9 Å². The largest absolute Gasteiger partial charge is 0.396 e. The van der Waals surface area contributed by atoms with Gasteiger partial charge in [-0.15, -0.1) is 0 Å². The molecule has 6 heteroatoms. The summed E-state index contributed by atoms with van der Waals surface area (Å²) in [6.07, 6.45) is 3.40. The van der Waals surface area contributed by atoms with E-state index in [9.17, 15) is 15.0 Å². The molecule has 130 valence electrons. The molecular weight excluding hydrogens is 306 g/mol. The smallest absolute Gasteiger partial charge is 0.244 e. The maximum Gasteiger partial charge on any atom is 0.244 e. The summed E-state index contributed by atoms with van der Waals surface area (Å²) in [4.78, 5) is 14.4. The van der Waals surface area contributed by atoms with E-state index in [1.807, 2.05) is 37.4 Å². The van der Waals surface area contributed by atoms with Crippen LogP contribution in [0.2, 0.25) is 0 Å². The van der Waals surface area contributed by atoms with Gasteiger partial charge in [0.15, 0.2) is 0 Å². The van der Waals surface area contributed by atoms with E-state index in [1.165, 1.54) is 0 Å². The van der Waals surface area contributed by atoms with Crippen molar-refractivity contribution in [2.75, 3.05) is 19.7 Å². The fourth-order valence-corrected chi connectivity index (χ4v) is 3.67. The van der Waals surface area contributed by atoms with Crippen molar-refractivity contribution in [3.63, 3.8) is 0 Å². The number of rotatable bonds is 5. The normalized spacial score (nSPS) is 24.5. The van der Waals surface area contributed by atoms with Crippen molar-refractivity contribution in [1.29, 1.82) is 0 Å². The molecular formula is C18H25N3O3. The Bertz CT molecular complexity index is 681. The van der Waals surface area contributed by atoms with Crippen molar-refractivity contribution < 1.29 is 15.0 Å². The average Bonchev–Trinajstić information content (AvgIpc) is 2.99. The number of fused-ring (bicyclic) bond motifs is 1. The van der Waals surface area contributed by atoms with E-state index >= 15 is 0 Å². The van der Waals surface area contributed by atoms with Crippen LogP contribution >= 0.6 is 0 Å². The minimum absolute atomic E-state index is 0.0244. The van der Waals surface area contributed by atoms with Crippen molar-refractivity contribution >= 4 is 16.8 Å². The lowest BCUT2D eigenvalue weighted by molar-refractivity contribution is -0.143. The van der Waals surface area contributed by atoms with Gasteiger partial charge in [-0.3, -0.25) is 9.48 Å². The van der Waals surface area contributed by atoms with E-state index in [2.05, 4.69) is 5.10 Å². The molecule has 1 aromatic heterocycles. The minimum atomic E-state index is -0.600. The van der Waals surface area contributed by atoms with Crippen LogP contribution in [-0.4, -0.2) is 56.6 Å².